The van der Waals surface area contributed by atoms with E-state index >= 15 is 0 Å². The Morgan fingerprint density at radius 1 is 1.15 bits per heavy atom. The Morgan fingerprint density at radius 2 is 1.95 bits per heavy atom. The van der Waals surface area contributed by atoms with E-state index in [-0.39, 0.29) is 6.04 Å². The molecule has 0 spiro atoms. The molecule has 0 fully saturated rings. The molecule has 4 nitrogen and oxygen atoms in total. The monoisotopic (exact) mass is 266 g/mol. The highest BCUT2D eigenvalue weighted by atomic mass is 15.3. The number of fused-ring (bicyclic) bond motifs is 1. The summed E-state index contributed by atoms with van der Waals surface area (Å²) in [5.41, 5.74) is 5.22. The highest BCUT2D eigenvalue weighted by molar-refractivity contribution is 5.83. The zero-order chi connectivity index (χ0) is 13.9. The van der Waals surface area contributed by atoms with Gasteiger partial charge in [0.1, 0.15) is 0 Å². The molecule has 20 heavy (non-hydrogen) atoms. The zero-order valence-corrected chi connectivity index (χ0v) is 11.5. The molecule has 1 aromatic heterocycles. The molecule has 0 amide bonds. The van der Waals surface area contributed by atoms with Crippen LogP contribution in [0, 0.1) is 0 Å². The van der Waals surface area contributed by atoms with Gasteiger partial charge in [-0.1, -0.05) is 42.5 Å². The fourth-order valence-corrected chi connectivity index (χ4v) is 2.58. The second kappa shape index (κ2) is 5.45. The molecular formula is C16H18N4. The highest BCUT2D eigenvalue weighted by Crippen LogP contribution is 2.21. The van der Waals surface area contributed by atoms with E-state index in [2.05, 4.69) is 53.0 Å². The molecule has 1 unspecified atom stereocenters. The van der Waals surface area contributed by atoms with Crippen LogP contribution >= 0.6 is 0 Å². The number of nitrogens with zero attached hydrogens (tertiary/aromatic N) is 2. The van der Waals surface area contributed by atoms with Crippen molar-refractivity contribution in [1.29, 1.82) is 0 Å². The lowest BCUT2D eigenvalue weighted by Crippen LogP contribution is -2.31. The third-order valence-corrected chi connectivity index (χ3v) is 3.67. The summed E-state index contributed by atoms with van der Waals surface area (Å²) in [6, 6.07) is 17.0. The molecule has 0 bridgehead atoms. The molecule has 2 aromatic carbocycles. The molecule has 0 radical (unpaired) electrons. The van der Waals surface area contributed by atoms with Gasteiger partial charge < -0.3 is 0 Å². The normalized spacial score (nSPS) is 12.7. The number of hydrazine groups is 1. The van der Waals surface area contributed by atoms with Crippen LogP contribution in [0.5, 0.6) is 0 Å². The average molecular weight is 266 g/mol. The first-order chi connectivity index (χ1) is 9.78. The van der Waals surface area contributed by atoms with Gasteiger partial charge in [0.25, 0.3) is 0 Å². The van der Waals surface area contributed by atoms with E-state index < -0.39 is 0 Å². The van der Waals surface area contributed by atoms with Crippen LogP contribution in [0.3, 0.4) is 0 Å². The van der Waals surface area contributed by atoms with Crippen molar-refractivity contribution in [2.45, 2.75) is 12.5 Å². The van der Waals surface area contributed by atoms with Gasteiger partial charge in [-0.05, 0) is 28.8 Å². The first kappa shape index (κ1) is 12.8. The Bertz CT molecular complexity index is 717. The SMILES string of the molecule is Cn1nccc1C(Cc1ccc2ccccc2c1)NN. The summed E-state index contributed by atoms with van der Waals surface area (Å²) in [5, 5.41) is 6.71. The van der Waals surface area contributed by atoms with Gasteiger partial charge in [-0.15, -0.1) is 0 Å². The van der Waals surface area contributed by atoms with Gasteiger partial charge in [0.2, 0.25) is 0 Å². The standard InChI is InChI=1S/C16H18N4/c1-20-16(8-9-18-20)15(19-17)11-12-6-7-13-4-2-3-5-14(13)10-12/h2-10,15,19H,11,17H2,1H3. The Balaban J connectivity index is 1.89. The third-order valence-electron chi connectivity index (χ3n) is 3.67. The summed E-state index contributed by atoms with van der Waals surface area (Å²) in [5.74, 6) is 5.70. The predicted octanol–water partition coefficient (Wildman–Crippen LogP) is 2.32. The highest BCUT2D eigenvalue weighted by Gasteiger charge is 2.14. The maximum Gasteiger partial charge on any atom is 0.0669 e. The lowest BCUT2D eigenvalue weighted by molar-refractivity contribution is 0.508. The molecular weight excluding hydrogens is 248 g/mol. The van der Waals surface area contributed by atoms with E-state index in [4.69, 9.17) is 5.84 Å². The van der Waals surface area contributed by atoms with Crippen molar-refractivity contribution in [3.63, 3.8) is 0 Å². The molecule has 3 rings (SSSR count). The number of benzene rings is 2. The fraction of sp³-hybridized carbons (Fsp3) is 0.188. The number of nitrogens with two attached hydrogens (primary N) is 1. The predicted molar refractivity (Wildman–Crippen MR) is 80.9 cm³/mol. The van der Waals surface area contributed by atoms with Crippen molar-refractivity contribution in [2.24, 2.45) is 12.9 Å². The van der Waals surface area contributed by atoms with Gasteiger partial charge in [-0.2, -0.15) is 5.10 Å². The fourth-order valence-electron chi connectivity index (χ4n) is 2.58. The number of rotatable bonds is 4. The first-order valence-corrected chi connectivity index (χ1v) is 6.69. The minimum absolute atomic E-state index is 0.0589. The number of aryl methyl sites for hydroxylation is 1. The average Bonchev–Trinajstić information content (AvgIpc) is 2.91. The van der Waals surface area contributed by atoms with Crippen LogP contribution in [-0.4, -0.2) is 9.78 Å². The summed E-state index contributed by atoms with van der Waals surface area (Å²) in [4.78, 5) is 0. The largest absolute Gasteiger partial charge is 0.271 e. The molecule has 0 aliphatic rings. The van der Waals surface area contributed by atoms with Crippen LogP contribution in [0.15, 0.2) is 54.7 Å². The number of nitrogens with one attached hydrogen (secondary N) is 1. The summed E-state index contributed by atoms with van der Waals surface area (Å²) >= 11 is 0. The van der Waals surface area contributed by atoms with E-state index in [0.717, 1.165) is 12.1 Å². The molecule has 0 aliphatic heterocycles. The van der Waals surface area contributed by atoms with Crippen molar-refractivity contribution in [3.8, 4) is 0 Å². The van der Waals surface area contributed by atoms with Gasteiger partial charge in [0.15, 0.2) is 0 Å². The minimum atomic E-state index is 0.0589. The maximum atomic E-state index is 5.70. The van der Waals surface area contributed by atoms with Crippen LogP contribution in [-0.2, 0) is 13.5 Å². The summed E-state index contributed by atoms with van der Waals surface area (Å²) in [6.07, 6.45) is 2.63. The first-order valence-electron chi connectivity index (χ1n) is 6.69. The van der Waals surface area contributed by atoms with Crippen LogP contribution in [0.1, 0.15) is 17.3 Å². The summed E-state index contributed by atoms with van der Waals surface area (Å²) in [6.45, 7) is 0. The molecule has 4 heteroatoms. The van der Waals surface area contributed by atoms with Crippen molar-refractivity contribution in [1.82, 2.24) is 15.2 Å². The van der Waals surface area contributed by atoms with Gasteiger partial charge in [0.05, 0.1) is 11.7 Å². The molecule has 102 valence electrons. The lowest BCUT2D eigenvalue weighted by atomic mass is 10.0. The Labute approximate surface area is 118 Å². The van der Waals surface area contributed by atoms with E-state index in [9.17, 15) is 0 Å². The molecule has 0 saturated carbocycles. The molecule has 0 aliphatic carbocycles. The van der Waals surface area contributed by atoms with Crippen LogP contribution in [0.4, 0.5) is 0 Å². The Hall–Kier alpha value is -2.17. The van der Waals surface area contributed by atoms with Gasteiger partial charge >= 0.3 is 0 Å². The number of hydrogen-bond donors (Lipinski definition) is 2. The van der Waals surface area contributed by atoms with Crippen LogP contribution in [0.2, 0.25) is 0 Å². The molecule has 1 heterocycles. The molecule has 3 aromatic rings. The molecule has 0 saturated heterocycles. The van der Waals surface area contributed by atoms with Crippen molar-refractivity contribution >= 4 is 10.8 Å². The number of aromatic nitrogens is 2. The number of hydrogen-bond acceptors (Lipinski definition) is 3. The minimum Gasteiger partial charge on any atom is -0.271 e. The molecule has 3 N–H and O–H groups in total. The van der Waals surface area contributed by atoms with Gasteiger partial charge in [-0.25, -0.2) is 0 Å². The smallest absolute Gasteiger partial charge is 0.0669 e. The van der Waals surface area contributed by atoms with Gasteiger partial charge in [-0.3, -0.25) is 16.0 Å². The molecule has 1 atom stereocenters. The zero-order valence-electron chi connectivity index (χ0n) is 11.5. The summed E-state index contributed by atoms with van der Waals surface area (Å²) < 4.78 is 1.85. The second-order valence-corrected chi connectivity index (χ2v) is 4.98. The third kappa shape index (κ3) is 2.43. The van der Waals surface area contributed by atoms with Crippen molar-refractivity contribution in [3.05, 3.63) is 66.0 Å². The van der Waals surface area contributed by atoms with E-state index in [1.165, 1.54) is 16.3 Å². The summed E-state index contributed by atoms with van der Waals surface area (Å²) in [7, 11) is 1.93. The second-order valence-electron chi connectivity index (χ2n) is 4.98. The maximum absolute atomic E-state index is 5.70. The van der Waals surface area contributed by atoms with Gasteiger partial charge in [0, 0.05) is 13.2 Å². The van der Waals surface area contributed by atoms with Crippen molar-refractivity contribution in [2.75, 3.05) is 0 Å². The quantitative estimate of drug-likeness (QED) is 0.563. The lowest BCUT2D eigenvalue weighted by Gasteiger charge is -2.16. The Kier molecular flexibility index (Phi) is 3.50. The van der Waals surface area contributed by atoms with Crippen LogP contribution in [0.25, 0.3) is 10.8 Å². The van der Waals surface area contributed by atoms with E-state index in [1.54, 1.807) is 6.20 Å². The van der Waals surface area contributed by atoms with E-state index in [0.29, 0.717) is 0 Å². The van der Waals surface area contributed by atoms with Crippen molar-refractivity contribution < 1.29 is 0 Å². The van der Waals surface area contributed by atoms with E-state index in [1.807, 2.05) is 17.8 Å². The van der Waals surface area contributed by atoms with Crippen LogP contribution < -0.4 is 11.3 Å². The Morgan fingerprint density at radius 3 is 2.65 bits per heavy atom. The topological polar surface area (TPSA) is 55.9 Å².